The molecule has 1 atom stereocenters. The molecule has 0 amide bonds. The zero-order valence-electron chi connectivity index (χ0n) is 10.4. The van der Waals surface area contributed by atoms with Gasteiger partial charge in [0.05, 0.1) is 0 Å². The Morgan fingerprint density at radius 1 is 1.41 bits per heavy atom. The van der Waals surface area contributed by atoms with Crippen molar-refractivity contribution in [3.05, 3.63) is 35.6 Å². The first-order valence-electron chi connectivity index (χ1n) is 5.51. The number of esters is 1. The van der Waals surface area contributed by atoms with Gasteiger partial charge in [-0.1, -0.05) is 18.2 Å². The van der Waals surface area contributed by atoms with Crippen LogP contribution in [0.25, 0.3) is 0 Å². The van der Waals surface area contributed by atoms with Gasteiger partial charge in [0.2, 0.25) is 0 Å². The molecule has 1 aromatic rings. The highest BCUT2D eigenvalue weighted by atomic mass is 19.1. The molecule has 0 spiro atoms. The molecule has 0 aliphatic carbocycles. The summed E-state index contributed by atoms with van der Waals surface area (Å²) in [7, 11) is 0. The third kappa shape index (κ3) is 4.53. The Bertz CT molecular complexity index is 399. The van der Waals surface area contributed by atoms with E-state index in [-0.39, 0.29) is 12.2 Å². The fourth-order valence-corrected chi connectivity index (χ4v) is 1.36. The van der Waals surface area contributed by atoms with Crippen molar-refractivity contribution in [3.8, 4) is 0 Å². The van der Waals surface area contributed by atoms with Crippen molar-refractivity contribution in [1.82, 2.24) is 0 Å². The lowest BCUT2D eigenvalue weighted by Gasteiger charge is -2.22. The second-order valence-corrected chi connectivity index (χ2v) is 4.94. The normalized spacial score (nSPS) is 13.2. The molecule has 0 saturated carbocycles. The molecule has 0 bridgehead atoms. The smallest absolute Gasteiger partial charge is 0.323 e. The van der Waals surface area contributed by atoms with Crippen LogP contribution in [-0.4, -0.2) is 17.6 Å². The second-order valence-electron chi connectivity index (χ2n) is 4.94. The average Bonchev–Trinajstić information content (AvgIpc) is 2.18. The lowest BCUT2D eigenvalue weighted by Crippen LogP contribution is -2.39. The van der Waals surface area contributed by atoms with Crippen LogP contribution in [0.5, 0.6) is 0 Å². The van der Waals surface area contributed by atoms with Crippen molar-refractivity contribution < 1.29 is 13.9 Å². The van der Waals surface area contributed by atoms with Gasteiger partial charge in [0.1, 0.15) is 17.5 Å². The maximum atomic E-state index is 13.3. The summed E-state index contributed by atoms with van der Waals surface area (Å²) in [5, 5.41) is 0. The topological polar surface area (TPSA) is 52.3 Å². The summed E-state index contributed by atoms with van der Waals surface area (Å²) < 4.78 is 18.5. The molecule has 0 heterocycles. The van der Waals surface area contributed by atoms with Gasteiger partial charge < -0.3 is 10.5 Å². The first-order valence-corrected chi connectivity index (χ1v) is 5.51. The van der Waals surface area contributed by atoms with E-state index in [1.807, 2.05) is 0 Å². The minimum atomic E-state index is -0.842. The number of nitrogens with two attached hydrogens (primary N) is 1. The molecular weight excluding hydrogens is 221 g/mol. The number of ether oxygens (including phenoxy) is 1. The Balaban J connectivity index is 2.64. The van der Waals surface area contributed by atoms with Gasteiger partial charge in [0, 0.05) is 6.42 Å². The van der Waals surface area contributed by atoms with E-state index in [4.69, 9.17) is 10.5 Å². The van der Waals surface area contributed by atoms with Crippen LogP contribution in [0.2, 0.25) is 0 Å². The van der Waals surface area contributed by atoms with Gasteiger partial charge in [-0.15, -0.1) is 0 Å². The van der Waals surface area contributed by atoms with Gasteiger partial charge in [-0.25, -0.2) is 4.39 Å². The van der Waals surface area contributed by atoms with Crippen LogP contribution >= 0.6 is 0 Å². The highest BCUT2D eigenvalue weighted by molar-refractivity contribution is 5.76. The lowest BCUT2D eigenvalue weighted by molar-refractivity contribution is -0.156. The zero-order chi connectivity index (χ0) is 13.1. The Kier molecular flexibility index (Phi) is 4.23. The maximum Gasteiger partial charge on any atom is 0.323 e. The summed E-state index contributed by atoms with van der Waals surface area (Å²) in [6.07, 6.45) is 0.140. The molecule has 0 aliphatic heterocycles. The van der Waals surface area contributed by atoms with Crippen molar-refractivity contribution in [2.24, 2.45) is 5.73 Å². The van der Waals surface area contributed by atoms with E-state index in [1.54, 1.807) is 39.0 Å². The van der Waals surface area contributed by atoms with E-state index in [1.165, 1.54) is 6.07 Å². The van der Waals surface area contributed by atoms with Gasteiger partial charge in [-0.2, -0.15) is 0 Å². The van der Waals surface area contributed by atoms with Crippen LogP contribution in [0.1, 0.15) is 26.3 Å². The molecule has 0 radical (unpaired) electrons. The van der Waals surface area contributed by atoms with Crippen LogP contribution in [0.4, 0.5) is 4.39 Å². The molecular formula is C13H18FNO2. The number of benzene rings is 1. The standard InChI is InChI=1S/C13H18FNO2/c1-13(2,3)17-12(16)11(15)8-9-6-4-5-7-10(9)14/h4-7,11H,8,15H2,1-3H3/t11-/m1/s1. The number of hydrogen-bond donors (Lipinski definition) is 1. The fourth-order valence-electron chi connectivity index (χ4n) is 1.36. The highest BCUT2D eigenvalue weighted by Crippen LogP contribution is 2.12. The van der Waals surface area contributed by atoms with E-state index in [0.29, 0.717) is 5.56 Å². The number of hydrogen-bond acceptors (Lipinski definition) is 3. The van der Waals surface area contributed by atoms with E-state index in [0.717, 1.165) is 0 Å². The molecule has 17 heavy (non-hydrogen) atoms. The molecule has 1 rings (SSSR count). The molecule has 4 heteroatoms. The average molecular weight is 239 g/mol. The molecule has 1 aromatic carbocycles. The van der Waals surface area contributed by atoms with Crippen molar-refractivity contribution in [2.75, 3.05) is 0 Å². The molecule has 2 N–H and O–H groups in total. The van der Waals surface area contributed by atoms with E-state index in [2.05, 4.69) is 0 Å². The Hall–Kier alpha value is -1.42. The molecule has 3 nitrogen and oxygen atoms in total. The molecule has 0 aromatic heterocycles. The van der Waals surface area contributed by atoms with Gasteiger partial charge in [0.25, 0.3) is 0 Å². The third-order valence-electron chi connectivity index (χ3n) is 2.11. The highest BCUT2D eigenvalue weighted by Gasteiger charge is 2.22. The minimum Gasteiger partial charge on any atom is -0.459 e. The Labute approximate surface area is 101 Å². The summed E-state index contributed by atoms with van der Waals surface area (Å²) >= 11 is 0. The first-order chi connectivity index (χ1) is 7.79. The van der Waals surface area contributed by atoms with Crippen LogP contribution in [0.15, 0.2) is 24.3 Å². The van der Waals surface area contributed by atoms with Crippen LogP contribution in [0, 0.1) is 5.82 Å². The number of carbonyl (C=O) groups is 1. The first kappa shape index (κ1) is 13.6. The summed E-state index contributed by atoms with van der Waals surface area (Å²) in [6, 6.07) is 5.42. The minimum absolute atomic E-state index is 0.140. The van der Waals surface area contributed by atoms with Gasteiger partial charge in [0.15, 0.2) is 0 Å². The van der Waals surface area contributed by atoms with Crippen molar-refractivity contribution in [1.29, 1.82) is 0 Å². The number of carbonyl (C=O) groups excluding carboxylic acids is 1. The van der Waals surface area contributed by atoms with Crippen LogP contribution in [0.3, 0.4) is 0 Å². The quantitative estimate of drug-likeness (QED) is 0.821. The van der Waals surface area contributed by atoms with Gasteiger partial charge >= 0.3 is 5.97 Å². The maximum absolute atomic E-state index is 13.3. The SMILES string of the molecule is CC(C)(C)OC(=O)[C@H](N)Cc1ccccc1F. The summed E-state index contributed by atoms with van der Waals surface area (Å²) in [4.78, 5) is 11.6. The molecule has 0 unspecified atom stereocenters. The molecule has 94 valence electrons. The van der Waals surface area contributed by atoms with E-state index < -0.39 is 17.6 Å². The molecule has 0 fully saturated rings. The summed E-state index contributed by atoms with van der Waals surface area (Å²) in [5.41, 5.74) is 5.53. The summed E-state index contributed by atoms with van der Waals surface area (Å²) in [6.45, 7) is 5.29. The van der Waals surface area contributed by atoms with Crippen molar-refractivity contribution in [3.63, 3.8) is 0 Å². The van der Waals surface area contributed by atoms with E-state index in [9.17, 15) is 9.18 Å². The van der Waals surface area contributed by atoms with Gasteiger partial charge in [-0.05, 0) is 32.4 Å². The monoisotopic (exact) mass is 239 g/mol. The number of halogens is 1. The van der Waals surface area contributed by atoms with Gasteiger partial charge in [-0.3, -0.25) is 4.79 Å². The predicted molar refractivity (Wildman–Crippen MR) is 63.9 cm³/mol. The van der Waals surface area contributed by atoms with Crippen LogP contribution < -0.4 is 5.73 Å². The fraction of sp³-hybridized carbons (Fsp3) is 0.462. The molecule has 0 saturated heterocycles. The molecule has 0 aliphatic rings. The van der Waals surface area contributed by atoms with E-state index >= 15 is 0 Å². The largest absolute Gasteiger partial charge is 0.459 e. The van der Waals surface area contributed by atoms with Crippen molar-refractivity contribution >= 4 is 5.97 Å². The summed E-state index contributed by atoms with van der Waals surface area (Å²) in [5.74, 6) is -0.868. The zero-order valence-corrected chi connectivity index (χ0v) is 10.4. The Morgan fingerprint density at radius 3 is 2.53 bits per heavy atom. The predicted octanol–water partition coefficient (Wildman–Crippen LogP) is 2.04. The number of rotatable bonds is 3. The van der Waals surface area contributed by atoms with Crippen molar-refractivity contribution in [2.45, 2.75) is 38.8 Å². The van der Waals surface area contributed by atoms with Crippen LogP contribution in [-0.2, 0) is 16.0 Å². The Morgan fingerprint density at radius 2 is 2.00 bits per heavy atom. The third-order valence-corrected chi connectivity index (χ3v) is 2.11. The lowest BCUT2D eigenvalue weighted by atomic mass is 10.1. The second kappa shape index (κ2) is 5.27.